The van der Waals surface area contributed by atoms with Crippen LogP contribution in [-0.2, 0) is 4.79 Å². The molecule has 0 radical (unpaired) electrons. The van der Waals surface area contributed by atoms with Crippen LogP contribution < -0.4 is 11.1 Å². The molecule has 1 aliphatic carbocycles. The van der Waals surface area contributed by atoms with Crippen LogP contribution in [-0.4, -0.2) is 23.0 Å². The van der Waals surface area contributed by atoms with Gasteiger partial charge in [0.25, 0.3) is 0 Å². The van der Waals surface area contributed by atoms with Crippen LogP contribution in [0.15, 0.2) is 5.16 Å². The van der Waals surface area contributed by atoms with Crippen molar-refractivity contribution in [1.29, 1.82) is 0 Å². The quantitative estimate of drug-likeness (QED) is 0.299. The molecule has 19 heavy (non-hydrogen) atoms. The van der Waals surface area contributed by atoms with E-state index in [1.807, 2.05) is 6.92 Å². The van der Waals surface area contributed by atoms with Gasteiger partial charge in [-0.1, -0.05) is 38.3 Å². The number of carbonyl (C=O) groups excluding carboxylic acids is 1. The predicted octanol–water partition coefficient (Wildman–Crippen LogP) is 2.23. The lowest BCUT2D eigenvalue weighted by Gasteiger charge is -2.31. The number of amidine groups is 1. The second-order valence-corrected chi connectivity index (χ2v) is 5.41. The van der Waals surface area contributed by atoms with Gasteiger partial charge in [-0.2, -0.15) is 0 Å². The molecule has 0 aliphatic heterocycles. The lowest BCUT2D eigenvalue weighted by atomic mass is 9.82. The molecule has 1 amide bonds. The molecule has 0 aromatic rings. The minimum absolute atomic E-state index is 0.00139. The maximum absolute atomic E-state index is 12.2. The van der Waals surface area contributed by atoms with E-state index in [0.717, 1.165) is 6.42 Å². The zero-order chi connectivity index (χ0) is 14.3. The summed E-state index contributed by atoms with van der Waals surface area (Å²) in [4.78, 5) is 12.2. The molecule has 1 fully saturated rings. The van der Waals surface area contributed by atoms with Crippen LogP contribution in [0, 0.1) is 11.8 Å². The Balaban J connectivity index is 2.60. The van der Waals surface area contributed by atoms with Crippen molar-refractivity contribution >= 4 is 11.7 Å². The number of hydrogen-bond donors (Lipinski definition) is 3. The van der Waals surface area contributed by atoms with Gasteiger partial charge in [0, 0.05) is 6.04 Å². The summed E-state index contributed by atoms with van der Waals surface area (Å²) in [6.45, 7) is 3.97. The van der Waals surface area contributed by atoms with Crippen LogP contribution in [0.3, 0.4) is 0 Å². The maximum Gasteiger partial charge on any atom is 0.231 e. The second kappa shape index (κ2) is 8.02. The summed E-state index contributed by atoms with van der Waals surface area (Å²) < 4.78 is 0. The Labute approximate surface area is 115 Å². The van der Waals surface area contributed by atoms with Gasteiger partial charge < -0.3 is 16.3 Å². The van der Waals surface area contributed by atoms with E-state index in [1.54, 1.807) is 0 Å². The van der Waals surface area contributed by atoms with Gasteiger partial charge in [-0.3, -0.25) is 4.79 Å². The van der Waals surface area contributed by atoms with E-state index in [9.17, 15) is 4.79 Å². The summed E-state index contributed by atoms with van der Waals surface area (Å²) >= 11 is 0. The number of oxime groups is 1. The first kappa shape index (κ1) is 15.8. The van der Waals surface area contributed by atoms with E-state index in [4.69, 9.17) is 10.9 Å². The summed E-state index contributed by atoms with van der Waals surface area (Å²) in [6.07, 6.45) is 7.69. The highest BCUT2D eigenvalue weighted by Gasteiger charge is 2.27. The van der Waals surface area contributed by atoms with Gasteiger partial charge >= 0.3 is 0 Å². The van der Waals surface area contributed by atoms with Crippen molar-refractivity contribution in [3.05, 3.63) is 0 Å². The number of hydrogen-bond acceptors (Lipinski definition) is 3. The number of carbonyl (C=O) groups is 1. The van der Waals surface area contributed by atoms with Gasteiger partial charge in [0.05, 0.1) is 5.92 Å². The minimum Gasteiger partial charge on any atom is -0.409 e. The summed E-state index contributed by atoms with van der Waals surface area (Å²) in [7, 11) is 0. The van der Waals surface area contributed by atoms with Crippen LogP contribution >= 0.6 is 0 Å². The van der Waals surface area contributed by atoms with Crippen molar-refractivity contribution in [2.75, 3.05) is 0 Å². The number of rotatable bonds is 6. The maximum atomic E-state index is 12.2. The molecule has 0 aromatic carbocycles. The molecular weight excluding hydrogens is 242 g/mol. The fourth-order valence-corrected chi connectivity index (χ4v) is 2.97. The molecule has 2 unspecified atom stereocenters. The van der Waals surface area contributed by atoms with Crippen LogP contribution in [0.1, 0.15) is 58.8 Å². The van der Waals surface area contributed by atoms with Crippen molar-refractivity contribution < 1.29 is 10.0 Å². The summed E-state index contributed by atoms with van der Waals surface area (Å²) in [5, 5.41) is 14.8. The van der Waals surface area contributed by atoms with Gasteiger partial charge in [0.15, 0.2) is 5.84 Å². The van der Waals surface area contributed by atoms with E-state index in [1.165, 1.54) is 32.1 Å². The molecule has 0 saturated heterocycles. The highest BCUT2D eigenvalue weighted by atomic mass is 16.4. The molecule has 1 aliphatic rings. The number of nitrogens with zero attached hydrogens (tertiary/aromatic N) is 1. The lowest BCUT2D eigenvalue weighted by Crippen LogP contribution is -2.46. The highest BCUT2D eigenvalue weighted by molar-refractivity contribution is 6.02. The average Bonchev–Trinajstić information content (AvgIpc) is 2.46. The largest absolute Gasteiger partial charge is 0.409 e. The van der Waals surface area contributed by atoms with Crippen LogP contribution in [0.25, 0.3) is 0 Å². The van der Waals surface area contributed by atoms with E-state index in [0.29, 0.717) is 12.3 Å². The zero-order valence-electron chi connectivity index (χ0n) is 12.1. The predicted molar refractivity (Wildman–Crippen MR) is 76.0 cm³/mol. The van der Waals surface area contributed by atoms with Crippen LogP contribution in [0.2, 0.25) is 0 Å². The smallest absolute Gasteiger partial charge is 0.231 e. The fourth-order valence-electron chi connectivity index (χ4n) is 2.97. The number of amides is 1. The molecule has 1 saturated carbocycles. The average molecular weight is 269 g/mol. The Bertz CT molecular complexity index is 312. The first-order valence-corrected chi connectivity index (χ1v) is 7.41. The zero-order valence-corrected chi connectivity index (χ0v) is 12.1. The van der Waals surface area contributed by atoms with Gasteiger partial charge in [-0.05, 0) is 31.6 Å². The van der Waals surface area contributed by atoms with Crippen molar-refractivity contribution in [2.45, 2.75) is 64.8 Å². The van der Waals surface area contributed by atoms with Gasteiger partial charge in [0.1, 0.15) is 0 Å². The first-order valence-electron chi connectivity index (χ1n) is 7.41. The third-order valence-electron chi connectivity index (χ3n) is 4.18. The molecule has 5 heteroatoms. The van der Waals surface area contributed by atoms with E-state index in [2.05, 4.69) is 17.4 Å². The minimum atomic E-state index is -0.525. The molecule has 4 N–H and O–H groups in total. The Morgan fingerprint density at radius 1 is 1.32 bits per heavy atom. The SMILES string of the molecule is CCC(C(=O)NC(CC)C1CCCCC1)C(N)=NO. The molecule has 2 atom stereocenters. The topological polar surface area (TPSA) is 87.7 Å². The normalized spacial score (nSPS) is 20.8. The Morgan fingerprint density at radius 2 is 1.95 bits per heavy atom. The summed E-state index contributed by atoms with van der Waals surface area (Å²) in [6, 6.07) is 0.216. The first-order chi connectivity index (χ1) is 9.13. The van der Waals surface area contributed by atoms with Gasteiger partial charge in [-0.15, -0.1) is 0 Å². The molecule has 0 heterocycles. The van der Waals surface area contributed by atoms with Crippen LogP contribution in [0.4, 0.5) is 0 Å². The molecule has 110 valence electrons. The third-order valence-corrected chi connectivity index (χ3v) is 4.18. The Morgan fingerprint density at radius 3 is 2.42 bits per heavy atom. The van der Waals surface area contributed by atoms with E-state index in [-0.39, 0.29) is 17.8 Å². The van der Waals surface area contributed by atoms with E-state index >= 15 is 0 Å². The molecule has 0 bridgehead atoms. The fraction of sp³-hybridized carbons (Fsp3) is 0.857. The third kappa shape index (κ3) is 4.40. The Hall–Kier alpha value is -1.26. The van der Waals surface area contributed by atoms with Gasteiger partial charge in [-0.25, -0.2) is 0 Å². The molecule has 1 rings (SSSR count). The van der Waals surface area contributed by atoms with Gasteiger partial charge in [0.2, 0.25) is 5.91 Å². The number of nitrogens with one attached hydrogen (secondary N) is 1. The van der Waals surface area contributed by atoms with Crippen molar-refractivity contribution in [3.63, 3.8) is 0 Å². The van der Waals surface area contributed by atoms with Crippen molar-refractivity contribution in [3.8, 4) is 0 Å². The van der Waals surface area contributed by atoms with Crippen LogP contribution in [0.5, 0.6) is 0 Å². The molecular formula is C14H27N3O2. The van der Waals surface area contributed by atoms with Crippen molar-refractivity contribution in [1.82, 2.24) is 5.32 Å². The Kier molecular flexibility index (Phi) is 6.67. The molecule has 0 spiro atoms. The molecule has 5 nitrogen and oxygen atoms in total. The van der Waals surface area contributed by atoms with Crippen molar-refractivity contribution in [2.24, 2.45) is 22.7 Å². The van der Waals surface area contributed by atoms with E-state index < -0.39 is 5.92 Å². The monoisotopic (exact) mass is 269 g/mol. The second-order valence-electron chi connectivity index (χ2n) is 5.41. The number of nitrogens with two attached hydrogens (primary N) is 1. The lowest BCUT2D eigenvalue weighted by molar-refractivity contribution is -0.124. The molecule has 0 aromatic heterocycles. The standard InChI is InChI=1S/C14H27N3O2/c1-3-11(13(15)17-19)14(18)16-12(4-2)10-8-6-5-7-9-10/h10-12,19H,3-9H2,1-2H3,(H2,15,17)(H,16,18). The summed E-state index contributed by atoms with van der Waals surface area (Å²) in [5.74, 6) is -0.0659. The highest BCUT2D eigenvalue weighted by Crippen LogP contribution is 2.27. The summed E-state index contributed by atoms with van der Waals surface area (Å²) in [5.41, 5.74) is 5.56.